The van der Waals surface area contributed by atoms with E-state index in [0.717, 1.165) is 0 Å². The van der Waals surface area contributed by atoms with Gasteiger partial charge in [0.25, 0.3) is 0 Å². The monoisotopic (exact) mass is 275 g/mol. The first-order valence-electron chi connectivity index (χ1n) is 7.19. The van der Waals surface area contributed by atoms with Crippen molar-refractivity contribution in [3.63, 3.8) is 0 Å². The van der Waals surface area contributed by atoms with Gasteiger partial charge in [-0.3, -0.25) is 0 Å². The van der Waals surface area contributed by atoms with Crippen LogP contribution in [0.2, 0.25) is 12.6 Å². The van der Waals surface area contributed by atoms with Gasteiger partial charge in [0.05, 0.1) is 8.80 Å². The summed E-state index contributed by atoms with van der Waals surface area (Å²) in [6.45, 7) is 2.42. The third-order valence-electron chi connectivity index (χ3n) is 3.92. The zero-order chi connectivity index (χ0) is 13.8. The fourth-order valence-electron chi connectivity index (χ4n) is 2.70. The Balaban J connectivity index is 1.77. The lowest BCUT2D eigenvalue weighted by Gasteiger charge is -2.11. The molecule has 0 heterocycles. The van der Waals surface area contributed by atoms with Gasteiger partial charge in [-0.2, -0.15) is 0 Å². The van der Waals surface area contributed by atoms with Crippen molar-refractivity contribution in [2.75, 3.05) is 0 Å². The van der Waals surface area contributed by atoms with Gasteiger partial charge < -0.3 is 0 Å². The molecule has 1 heteroatoms. The van der Waals surface area contributed by atoms with Crippen molar-refractivity contribution >= 4 is 24.8 Å². The first kappa shape index (κ1) is 13.1. The Morgan fingerprint density at radius 2 is 1.45 bits per heavy atom. The van der Waals surface area contributed by atoms with Crippen LogP contribution >= 0.6 is 0 Å². The van der Waals surface area contributed by atoms with Gasteiger partial charge >= 0.3 is 0 Å². The van der Waals surface area contributed by atoms with Crippen LogP contribution in [-0.2, 0) is 6.42 Å². The first-order chi connectivity index (χ1) is 9.84. The van der Waals surface area contributed by atoms with E-state index >= 15 is 0 Å². The van der Waals surface area contributed by atoms with Crippen LogP contribution in [0.3, 0.4) is 0 Å². The smallest absolute Gasteiger partial charge is 0.0669 e. The molecule has 1 radical (unpaired) electrons. The summed E-state index contributed by atoms with van der Waals surface area (Å²) in [7, 11) is -0.433. The summed E-state index contributed by atoms with van der Waals surface area (Å²) in [4.78, 5) is 0. The molecule has 0 fully saturated rings. The Hall–Kier alpha value is -1.86. The summed E-state index contributed by atoms with van der Waals surface area (Å²) in [5, 5.41) is 4.31. The predicted octanol–water partition coefficient (Wildman–Crippen LogP) is 4.41. The highest BCUT2D eigenvalue weighted by Crippen LogP contribution is 2.20. The molecule has 0 saturated heterocycles. The Morgan fingerprint density at radius 1 is 0.750 bits per heavy atom. The maximum Gasteiger partial charge on any atom is 0.0827 e. The molecule has 99 valence electrons. The van der Waals surface area contributed by atoms with Gasteiger partial charge in [0.1, 0.15) is 0 Å². The molecule has 0 amide bonds. The lowest BCUT2D eigenvalue weighted by molar-refractivity contribution is 1.13. The summed E-state index contributed by atoms with van der Waals surface area (Å²) in [5.74, 6) is 0. The number of hydrogen-bond acceptors (Lipinski definition) is 0. The van der Waals surface area contributed by atoms with E-state index in [0.29, 0.717) is 0 Å². The normalized spacial score (nSPS) is 11.1. The minimum atomic E-state index is -0.433. The maximum atomic E-state index is 2.42. The van der Waals surface area contributed by atoms with Crippen LogP contribution < -0.4 is 5.19 Å². The Bertz CT molecular complexity index is 683. The van der Waals surface area contributed by atoms with Crippen molar-refractivity contribution in [2.45, 2.75) is 19.0 Å². The summed E-state index contributed by atoms with van der Waals surface area (Å²) in [5.41, 5.74) is 1.49. The molecule has 0 aliphatic rings. The third-order valence-corrected chi connectivity index (χ3v) is 6.23. The fourth-order valence-corrected chi connectivity index (χ4v) is 4.39. The highest BCUT2D eigenvalue weighted by Gasteiger charge is 2.08. The average Bonchev–Trinajstić information content (AvgIpc) is 2.53. The highest BCUT2D eigenvalue weighted by atomic mass is 28.3. The first-order valence-corrected chi connectivity index (χ1v) is 9.40. The van der Waals surface area contributed by atoms with E-state index in [-0.39, 0.29) is 0 Å². The molecule has 0 spiro atoms. The fraction of sp³-hybridized carbons (Fsp3) is 0.158. The Morgan fingerprint density at radius 3 is 2.30 bits per heavy atom. The maximum absolute atomic E-state index is 2.42. The van der Waals surface area contributed by atoms with Crippen molar-refractivity contribution in [3.05, 3.63) is 78.4 Å². The van der Waals surface area contributed by atoms with Crippen molar-refractivity contribution in [3.8, 4) is 0 Å². The summed E-state index contributed by atoms with van der Waals surface area (Å²) < 4.78 is 0. The molecular weight excluding hydrogens is 256 g/mol. The van der Waals surface area contributed by atoms with Crippen LogP contribution in [-0.4, -0.2) is 8.80 Å². The summed E-state index contributed by atoms with van der Waals surface area (Å²) >= 11 is 0. The second kappa shape index (κ2) is 6.06. The average molecular weight is 275 g/mol. The molecule has 3 aromatic rings. The van der Waals surface area contributed by atoms with Gasteiger partial charge in [-0.15, -0.1) is 0 Å². The number of benzene rings is 3. The van der Waals surface area contributed by atoms with E-state index in [4.69, 9.17) is 0 Å². The zero-order valence-corrected chi connectivity index (χ0v) is 12.8. The second-order valence-corrected chi connectivity index (χ2v) is 7.92. The SMILES string of the molecule is C[Si](CCc1cccc2ccccc12)c1ccccc1. The standard InChI is InChI=1S/C19H19Si/c1-20(18-11-3-2-4-12-18)15-14-17-10-7-9-16-8-5-6-13-19(16)17/h2-13H,14-15H2,1H3. The largest absolute Gasteiger partial charge is 0.0827 e. The lowest BCUT2D eigenvalue weighted by atomic mass is 10.0. The van der Waals surface area contributed by atoms with E-state index in [2.05, 4.69) is 79.3 Å². The van der Waals surface area contributed by atoms with Gasteiger partial charge in [-0.25, -0.2) is 0 Å². The molecule has 3 aromatic carbocycles. The number of hydrogen-bond donors (Lipinski definition) is 0. The molecule has 0 nitrogen and oxygen atoms in total. The van der Waals surface area contributed by atoms with Gasteiger partial charge in [0, 0.05) is 0 Å². The van der Waals surface area contributed by atoms with Crippen LogP contribution in [0.4, 0.5) is 0 Å². The van der Waals surface area contributed by atoms with E-state index in [1.54, 1.807) is 0 Å². The minimum Gasteiger partial charge on any atom is -0.0669 e. The van der Waals surface area contributed by atoms with Crippen molar-refractivity contribution < 1.29 is 0 Å². The van der Waals surface area contributed by atoms with Crippen LogP contribution in [0.25, 0.3) is 10.8 Å². The van der Waals surface area contributed by atoms with Gasteiger partial charge in [-0.05, 0) is 22.8 Å². The van der Waals surface area contributed by atoms with E-state index in [1.807, 2.05) is 0 Å². The van der Waals surface area contributed by atoms with E-state index < -0.39 is 8.80 Å². The van der Waals surface area contributed by atoms with E-state index in [1.165, 1.54) is 34.0 Å². The van der Waals surface area contributed by atoms with Gasteiger partial charge in [0.15, 0.2) is 0 Å². The lowest BCUT2D eigenvalue weighted by Crippen LogP contribution is -2.26. The Labute approximate surface area is 122 Å². The molecule has 0 saturated carbocycles. The molecule has 0 aliphatic heterocycles. The van der Waals surface area contributed by atoms with Gasteiger partial charge in [0.2, 0.25) is 0 Å². The van der Waals surface area contributed by atoms with Crippen molar-refractivity contribution in [2.24, 2.45) is 0 Å². The predicted molar refractivity (Wildman–Crippen MR) is 90.2 cm³/mol. The molecule has 20 heavy (non-hydrogen) atoms. The summed E-state index contributed by atoms with van der Waals surface area (Å²) in [6, 6.07) is 27.6. The molecule has 0 atom stereocenters. The zero-order valence-electron chi connectivity index (χ0n) is 11.8. The number of fused-ring (bicyclic) bond motifs is 1. The number of rotatable bonds is 4. The van der Waals surface area contributed by atoms with Gasteiger partial charge in [-0.1, -0.05) is 90.6 Å². The topological polar surface area (TPSA) is 0 Å². The molecule has 0 bridgehead atoms. The quantitative estimate of drug-likeness (QED) is 0.619. The molecule has 0 unspecified atom stereocenters. The molecule has 0 aromatic heterocycles. The van der Waals surface area contributed by atoms with Crippen LogP contribution in [0.15, 0.2) is 72.8 Å². The van der Waals surface area contributed by atoms with Crippen molar-refractivity contribution in [1.29, 1.82) is 0 Å². The minimum absolute atomic E-state index is 0.433. The molecular formula is C19H19Si. The Kier molecular flexibility index (Phi) is 3.98. The second-order valence-electron chi connectivity index (χ2n) is 5.28. The van der Waals surface area contributed by atoms with Crippen LogP contribution in [0, 0.1) is 0 Å². The van der Waals surface area contributed by atoms with Crippen LogP contribution in [0.5, 0.6) is 0 Å². The molecule has 0 aliphatic carbocycles. The van der Waals surface area contributed by atoms with Crippen LogP contribution in [0.1, 0.15) is 5.56 Å². The van der Waals surface area contributed by atoms with Crippen molar-refractivity contribution in [1.82, 2.24) is 0 Å². The van der Waals surface area contributed by atoms with E-state index in [9.17, 15) is 0 Å². The molecule has 0 N–H and O–H groups in total. The highest BCUT2D eigenvalue weighted by molar-refractivity contribution is 6.72. The number of aryl methyl sites for hydroxylation is 1. The summed E-state index contributed by atoms with van der Waals surface area (Å²) in [6.07, 6.45) is 1.18. The molecule has 3 rings (SSSR count). The third kappa shape index (κ3) is 2.83.